The molecule has 0 saturated heterocycles. The summed E-state index contributed by atoms with van der Waals surface area (Å²) < 4.78 is 22.6. The third-order valence-corrected chi connectivity index (χ3v) is 4.41. The summed E-state index contributed by atoms with van der Waals surface area (Å²) in [6, 6.07) is 10.6. The van der Waals surface area contributed by atoms with E-state index in [0.717, 1.165) is 5.56 Å². The van der Waals surface area contributed by atoms with Crippen molar-refractivity contribution < 1.29 is 13.2 Å². The summed E-state index contributed by atoms with van der Waals surface area (Å²) in [4.78, 5) is 12.0. The number of carbonyl (C=O) groups is 1. The number of carbonyl (C=O) groups excluding carboxylic acids is 1. The molecule has 0 radical (unpaired) electrons. The maximum atomic E-state index is 12.2. The van der Waals surface area contributed by atoms with Gasteiger partial charge in [-0.25, -0.2) is 8.42 Å². The van der Waals surface area contributed by atoms with Crippen molar-refractivity contribution in [2.24, 2.45) is 0 Å². The van der Waals surface area contributed by atoms with Gasteiger partial charge in [-0.2, -0.15) is 0 Å². The summed E-state index contributed by atoms with van der Waals surface area (Å²) >= 11 is 5.88. The zero-order chi connectivity index (χ0) is 15.6. The molecule has 0 aliphatic rings. The number of aryl methyl sites for hydroxylation is 1. The lowest BCUT2D eigenvalue weighted by atomic mass is 10.1. The molecule has 0 unspecified atom stereocenters. The van der Waals surface area contributed by atoms with Gasteiger partial charge in [0.1, 0.15) is 0 Å². The van der Waals surface area contributed by atoms with Gasteiger partial charge in [-0.3, -0.25) is 4.79 Å². The molecular weight excluding hydrogens is 333 g/mol. The molecule has 0 atom stereocenters. The zero-order valence-electron chi connectivity index (χ0n) is 10.9. The minimum atomic E-state index is -3.88. The Balaban J connectivity index is 2.31. The van der Waals surface area contributed by atoms with Crippen molar-refractivity contribution in [1.29, 1.82) is 0 Å². The molecule has 0 aromatic heterocycles. The second kappa shape index (κ2) is 6.05. The fourth-order valence-corrected chi connectivity index (χ4v) is 2.68. The van der Waals surface area contributed by atoms with Crippen molar-refractivity contribution >= 4 is 42.9 Å². The van der Waals surface area contributed by atoms with Crippen molar-refractivity contribution in [3.05, 3.63) is 58.6 Å². The van der Waals surface area contributed by atoms with Gasteiger partial charge in [-0.1, -0.05) is 23.7 Å². The summed E-state index contributed by atoms with van der Waals surface area (Å²) in [6.07, 6.45) is 0. The largest absolute Gasteiger partial charge is 0.322 e. The highest BCUT2D eigenvalue weighted by molar-refractivity contribution is 8.13. The van der Waals surface area contributed by atoms with Gasteiger partial charge in [0.25, 0.3) is 15.0 Å². The van der Waals surface area contributed by atoms with E-state index in [1.54, 1.807) is 18.2 Å². The van der Waals surface area contributed by atoms with Gasteiger partial charge in [-0.15, -0.1) is 0 Å². The van der Waals surface area contributed by atoms with Crippen LogP contribution >= 0.6 is 22.3 Å². The Morgan fingerprint density at radius 3 is 2.52 bits per heavy atom. The van der Waals surface area contributed by atoms with E-state index in [0.29, 0.717) is 10.7 Å². The number of rotatable bonds is 3. The van der Waals surface area contributed by atoms with Crippen LogP contribution in [0.3, 0.4) is 0 Å². The lowest BCUT2D eigenvalue weighted by Gasteiger charge is -2.09. The molecule has 110 valence electrons. The van der Waals surface area contributed by atoms with E-state index in [1.807, 2.05) is 6.92 Å². The minimum Gasteiger partial charge on any atom is -0.322 e. The second-order valence-corrected chi connectivity index (χ2v) is 7.38. The summed E-state index contributed by atoms with van der Waals surface area (Å²) in [5.41, 5.74) is 1.59. The first kappa shape index (κ1) is 15.8. The van der Waals surface area contributed by atoms with E-state index in [2.05, 4.69) is 5.32 Å². The predicted molar refractivity (Wildman–Crippen MR) is 83.6 cm³/mol. The minimum absolute atomic E-state index is 0.125. The third kappa shape index (κ3) is 3.97. The molecule has 0 aliphatic heterocycles. The predicted octanol–water partition coefficient (Wildman–Crippen LogP) is 3.83. The monoisotopic (exact) mass is 343 g/mol. The quantitative estimate of drug-likeness (QED) is 0.861. The topological polar surface area (TPSA) is 63.2 Å². The number of amides is 1. The summed E-state index contributed by atoms with van der Waals surface area (Å²) in [6.45, 7) is 1.82. The van der Waals surface area contributed by atoms with Gasteiger partial charge in [-0.05, 0) is 42.8 Å². The van der Waals surface area contributed by atoms with E-state index in [1.165, 1.54) is 24.3 Å². The molecule has 0 fully saturated rings. The Hall–Kier alpha value is -1.56. The van der Waals surface area contributed by atoms with Gasteiger partial charge in [0.05, 0.1) is 4.90 Å². The molecule has 1 amide bonds. The third-order valence-electron chi connectivity index (χ3n) is 2.83. The molecule has 0 spiro atoms. The van der Waals surface area contributed by atoms with E-state index in [9.17, 15) is 13.2 Å². The number of anilines is 1. The number of halogens is 2. The number of hydrogen-bond donors (Lipinski definition) is 1. The highest BCUT2D eigenvalue weighted by Crippen LogP contribution is 2.22. The van der Waals surface area contributed by atoms with Crippen LogP contribution in [0.2, 0.25) is 5.02 Å². The standard InChI is InChI=1S/C14H11Cl2NO3S/c1-9-5-6-11(15)8-13(9)17-14(18)10-3-2-4-12(7-10)21(16,19)20/h2-8H,1H3,(H,17,18). The smallest absolute Gasteiger partial charge is 0.261 e. The zero-order valence-corrected chi connectivity index (χ0v) is 13.3. The average Bonchev–Trinajstić information content (AvgIpc) is 2.42. The highest BCUT2D eigenvalue weighted by Gasteiger charge is 2.14. The summed E-state index contributed by atoms with van der Waals surface area (Å²) in [7, 11) is 1.39. The first-order chi connectivity index (χ1) is 9.77. The summed E-state index contributed by atoms with van der Waals surface area (Å²) in [5, 5.41) is 3.18. The Kier molecular flexibility index (Phi) is 4.56. The molecule has 0 bridgehead atoms. The highest BCUT2D eigenvalue weighted by atomic mass is 35.7. The van der Waals surface area contributed by atoms with Gasteiger partial charge in [0.2, 0.25) is 0 Å². The van der Waals surface area contributed by atoms with Crippen LogP contribution in [0.5, 0.6) is 0 Å². The van der Waals surface area contributed by atoms with E-state index in [-0.39, 0.29) is 10.5 Å². The molecule has 0 saturated carbocycles. The van der Waals surface area contributed by atoms with Crippen molar-refractivity contribution in [2.45, 2.75) is 11.8 Å². The lowest BCUT2D eigenvalue weighted by Crippen LogP contribution is -2.13. The van der Waals surface area contributed by atoms with Crippen LogP contribution in [0.4, 0.5) is 5.69 Å². The van der Waals surface area contributed by atoms with Crippen LogP contribution < -0.4 is 5.32 Å². The molecular formula is C14H11Cl2NO3S. The first-order valence-corrected chi connectivity index (χ1v) is 8.58. The van der Waals surface area contributed by atoms with Crippen LogP contribution in [-0.2, 0) is 9.05 Å². The van der Waals surface area contributed by atoms with Crippen molar-refractivity contribution in [3.63, 3.8) is 0 Å². The summed E-state index contributed by atoms with van der Waals surface area (Å²) in [5.74, 6) is -0.442. The Morgan fingerprint density at radius 1 is 1.14 bits per heavy atom. The molecule has 2 rings (SSSR count). The van der Waals surface area contributed by atoms with Gasteiger partial charge in [0.15, 0.2) is 0 Å². The molecule has 1 N–H and O–H groups in total. The van der Waals surface area contributed by atoms with Crippen molar-refractivity contribution in [1.82, 2.24) is 0 Å². The fraction of sp³-hybridized carbons (Fsp3) is 0.0714. The average molecular weight is 344 g/mol. The molecule has 4 nitrogen and oxygen atoms in total. The molecule has 2 aromatic rings. The second-order valence-electron chi connectivity index (χ2n) is 4.38. The number of hydrogen-bond acceptors (Lipinski definition) is 3. The maximum Gasteiger partial charge on any atom is 0.261 e. The van der Waals surface area contributed by atoms with Crippen molar-refractivity contribution in [2.75, 3.05) is 5.32 Å². The van der Waals surface area contributed by atoms with Gasteiger partial charge >= 0.3 is 0 Å². The Bertz CT molecular complexity index is 804. The molecule has 0 aliphatic carbocycles. The van der Waals surface area contributed by atoms with E-state index < -0.39 is 15.0 Å². The fourth-order valence-electron chi connectivity index (χ4n) is 1.71. The molecule has 2 aromatic carbocycles. The lowest BCUT2D eigenvalue weighted by molar-refractivity contribution is 0.102. The Morgan fingerprint density at radius 2 is 1.86 bits per heavy atom. The normalized spacial score (nSPS) is 11.2. The molecule has 21 heavy (non-hydrogen) atoms. The van der Waals surface area contributed by atoms with Gasteiger partial charge < -0.3 is 5.32 Å². The maximum absolute atomic E-state index is 12.2. The van der Waals surface area contributed by atoms with Crippen LogP contribution in [0.15, 0.2) is 47.4 Å². The molecule has 0 heterocycles. The number of benzene rings is 2. The first-order valence-electron chi connectivity index (χ1n) is 5.89. The van der Waals surface area contributed by atoms with Crippen LogP contribution in [-0.4, -0.2) is 14.3 Å². The van der Waals surface area contributed by atoms with Crippen LogP contribution in [0, 0.1) is 6.92 Å². The SMILES string of the molecule is Cc1ccc(Cl)cc1NC(=O)c1cccc(S(=O)(=O)Cl)c1. The molecule has 7 heteroatoms. The van der Waals surface area contributed by atoms with Crippen LogP contribution in [0.1, 0.15) is 15.9 Å². The van der Waals surface area contributed by atoms with Crippen LogP contribution in [0.25, 0.3) is 0 Å². The Labute approximate surface area is 132 Å². The van der Waals surface area contributed by atoms with E-state index >= 15 is 0 Å². The number of nitrogens with one attached hydrogen (secondary N) is 1. The van der Waals surface area contributed by atoms with Crippen molar-refractivity contribution in [3.8, 4) is 0 Å². The van der Waals surface area contributed by atoms with Gasteiger partial charge in [0, 0.05) is 27.0 Å². The van der Waals surface area contributed by atoms with E-state index in [4.69, 9.17) is 22.3 Å².